The van der Waals surface area contributed by atoms with Crippen LogP contribution in [0.4, 0.5) is 23.4 Å². The molecule has 2 N–H and O–H groups in total. The molecule has 0 unspecified atom stereocenters. The molecular formula is C24H25ClF4N6O2. The standard InChI is InChI=1S/C24H24F4N6O2.ClH/c25-17-5-2-6-18-21(17)22(32-34(18)12-20(35)30-13-24(26,27)28)15-10-33(11-15)23(36)14-7-8-29-19(9-14)31-16-3-1-4-16;/h2,5-9,15-16H,1,3-4,10-13H2,(H,29,31)(H,30,35);1H. The molecule has 1 aliphatic heterocycles. The predicted octanol–water partition coefficient (Wildman–Crippen LogP) is 3.87. The summed E-state index contributed by atoms with van der Waals surface area (Å²) in [4.78, 5) is 30.9. The third-order valence-electron chi connectivity index (χ3n) is 6.55. The average molecular weight is 541 g/mol. The Kier molecular flexibility index (Phi) is 7.58. The number of rotatable bonds is 7. The van der Waals surface area contributed by atoms with Crippen molar-refractivity contribution in [3.05, 3.63) is 53.6 Å². The highest BCUT2D eigenvalue weighted by Crippen LogP contribution is 2.34. The van der Waals surface area contributed by atoms with Gasteiger partial charge in [0.1, 0.15) is 24.7 Å². The lowest BCUT2D eigenvalue weighted by atomic mass is 9.92. The van der Waals surface area contributed by atoms with E-state index < -0.39 is 31.0 Å². The lowest BCUT2D eigenvalue weighted by Gasteiger charge is -2.38. The lowest BCUT2D eigenvalue weighted by molar-refractivity contribution is -0.138. The molecule has 1 aromatic carbocycles. The Labute approximate surface area is 215 Å². The van der Waals surface area contributed by atoms with Crippen LogP contribution in [0.3, 0.4) is 0 Å². The van der Waals surface area contributed by atoms with Crippen molar-refractivity contribution in [2.24, 2.45) is 0 Å². The highest BCUT2D eigenvalue weighted by atomic mass is 35.5. The summed E-state index contributed by atoms with van der Waals surface area (Å²) in [5.41, 5.74) is 1.17. The number of likely N-dealkylation sites (tertiary alicyclic amines) is 1. The van der Waals surface area contributed by atoms with E-state index in [1.54, 1.807) is 34.6 Å². The van der Waals surface area contributed by atoms with Gasteiger partial charge in [-0.15, -0.1) is 12.4 Å². The zero-order chi connectivity index (χ0) is 25.4. The number of nitrogens with zero attached hydrogens (tertiary/aromatic N) is 4. The van der Waals surface area contributed by atoms with Gasteiger partial charge in [-0.25, -0.2) is 9.37 Å². The molecule has 3 heterocycles. The summed E-state index contributed by atoms with van der Waals surface area (Å²) in [6.45, 7) is -1.35. The third kappa shape index (κ3) is 5.79. The highest BCUT2D eigenvalue weighted by Gasteiger charge is 2.36. The summed E-state index contributed by atoms with van der Waals surface area (Å²) in [6.07, 6.45) is 0.377. The number of carbonyl (C=O) groups is 2. The van der Waals surface area contributed by atoms with E-state index in [4.69, 9.17) is 0 Å². The molecule has 0 atom stereocenters. The van der Waals surface area contributed by atoms with E-state index >= 15 is 0 Å². The van der Waals surface area contributed by atoms with E-state index in [1.807, 2.05) is 0 Å². The first-order valence-electron chi connectivity index (χ1n) is 11.7. The van der Waals surface area contributed by atoms with Crippen LogP contribution < -0.4 is 10.6 Å². The fraction of sp³-hybridized carbons (Fsp3) is 0.417. The maximum Gasteiger partial charge on any atom is 0.405 e. The van der Waals surface area contributed by atoms with Crippen molar-refractivity contribution in [1.29, 1.82) is 0 Å². The molecule has 0 bridgehead atoms. The number of carbonyl (C=O) groups excluding carboxylic acids is 2. The Hall–Kier alpha value is -3.41. The molecule has 37 heavy (non-hydrogen) atoms. The molecule has 1 saturated heterocycles. The van der Waals surface area contributed by atoms with Crippen LogP contribution in [0.5, 0.6) is 0 Å². The fourth-order valence-corrected chi connectivity index (χ4v) is 4.42. The van der Waals surface area contributed by atoms with Gasteiger partial charge in [0, 0.05) is 36.8 Å². The molecule has 5 rings (SSSR count). The molecule has 1 aliphatic carbocycles. The molecule has 8 nitrogen and oxygen atoms in total. The fourth-order valence-electron chi connectivity index (χ4n) is 4.42. The van der Waals surface area contributed by atoms with Gasteiger partial charge >= 0.3 is 6.18 Å². The second kappa shape index (κ2) is 10.5. The molecule has 0 radical (unpaired) electrons. The predicted molar refractivity (Wildman–Crippen MR) is 130 cm³/mol. The summed E-state index contributed by atoms with van der Waals surface area (Å²) >= 11 is 0. The van der Waals surface area contributed by atoms with Crippen LogP contribution in [-0.4, -0.2) is 63.3 Å². The van der Waals surface area contributed by atoms with Crippen molar-refractivity contribution in [2.45, 2.75) is 43.9 Å². The minimum absolute atomic E-state index is 0. The topological polar surface area (TPSA) is 92.2 Å². The first-order valence-corrected chi connectivity index (χ1v) is 11.7. The highest BCUT2D eigenvalue weighted by molar-refractivity contribution is 5.95. The second-order valence-electron chi connectivity index (χ2n) is 9.18. The van der Waals surface area contributed by atoms with Gasteiger partial charge < -0.3 is 15.5 Å². The number of benzene rings is 1. The molecule has 1 saturated carbocycles. The average Bonchev–Trinajstić information content (AvgIpc) is 3.13. The zero-order valence-electron chi connectivity index (χ0n) is 19.6. The van der Waals surface area contributed by atoms with E-state index in [0.29, 0.717) is 41.7 Å². The van der Waals surface area contributed by atoms with Crippen LogP contribution in [-0.2, 0) is 11.3 Å². The van der Waals surface area contributed by atoms with Crippen LogP contribution in [0.2, 0.25) is 0 Å². The van der Waals surface area contributed by atoms with Gasteiger partial charge in [-0.2, -0.15) is 18.3 Å². The molecular weight excluding hydrogens is 516 g/mol. The Morgan fingerprint density at radius 3 is 2.57 bits per heavy atom. The minimum Gasteiger partial charge on any atom is -0.367 e. The molecule has 2 aromatic heterocycles. The number of hydrogen-bond donors (Lipinski definition) is 2. The van der Waals surface area contributed by atoms with Crippen molar-refractivity contribution >= 4 is 40.9 Å². The smallest absolute Gasteiger partial charge is 0.367 e. The van der Waals surface area contributed by atoms with Crippen LogP contribution in [0.15, 0.2) is 36.5 Å². The first kappa shape index (κ1) is 26.6. The quantitative estimate of drug-likeness (QED) is 0.444. The Bertz CT molecular complexity index is 1300. The van der Waals surface area contributed by atoms with Gasteiger partial charge in [0.25, 0.3) is 5.91 Å². The normalized spacial score (nSPS) is 16.1. The molecule has 13 heteroatoms. The van der Waals surface area contributed by atoms with E-state index in [-0.39, 0.29) is 29.6 Å². The Balaban J connectivity index is 0.00000320. The molecule has 2 fully saturated rings. The van der Waals surface area contributed by atoms with Gasteiger partial charge in [0.15, 0.2) is 0 Å². The number of pyridine rings is 1. The summed E-state index contributed by atoms with van der Waals surface area (Å²) in [5, 5.41) is 9.68. The SMILES string of the molecule is Cl.O=C(Cn1nc(C2CN(C(=O)c3ccnc(NC4CCC4)c3)C2)c2c(F)cccc21)NCC(F)(F)F. The largest absolute Gasteiger partial charge is 0.405 e. The van der Waals surface area contributed by atoms with Gasteiger partial charge in [-0.1, -0.05) is 6.07 Å². The molecule has 198 valence electrons. The van der Waals surface area contributed by atoms with Crippen LogP contribution >= 0.6 is 12.4 Å². The number of aromatic nitrogens is 3. The maximum absolute atomic E-state index is 14.7. The van der Waals surface area contributed by atoms with E-state index in [1.165, 1.54) is 23.2 Å². The minimum atomic E-state index is -4.54. The number of alkyl halides is 3. The second-order valence-corrected chi connectivity index (χ2v) is 9.18. The zero-order valence-corrected chi connectivity index (χ0v) is 20.4. The van der Waals surface area contributed by atoms with Crippen molar-refractivity contribution in [3.63, 3.8) is 0 Å². The van der Waals surface area contributed by atoms with Crippen molar-refractivity contribution in [1.82, 2.24) is 25.0 Å². The van der Waals surface area contributed by atoms with Crippen LogP contribution in [0, 0.1) is 5.82 Å². The number of halogens is 5. The van der Waals surface area contributed by atoms with E-state index in [0.717, 1.165) is 12.8 Å². The molecule has 3 aromatic rings. The monoisotopic (exact) mass is 540 g/mol. The van der Waals surface area contributed by atoms with Gasteiger partial charge in [0.2, 0.25) is 5.91 Å². The number of hydrogen-bond acceptors (Lipinski definition) is 5. The van der Waals surface area contributed by atoms with Crippen molar-refractivity contribution in [3.8, 4) is 0 Å². The van der Waals surface area contributed by atoms with Crippen molar-refractivity contribution < 1.29 is 27.2 Å². The van der Waals surface area contributed by atoms with Crippen LogP contribution in [0.25, 0.3) is 10.9 Å². The number of anilines is 1. The Morgan fingerprint density at radius 1 is 1.14 bits per heavy atom. The summed E-state index contributed by atoms with van der Waals surface area (Å²) in [7, 11) is 0. The van der Waals surface area contributed by atoms with Gasteiger partial charge in [-0.05, 0) is 43.5 Å². The number of nitrogens with one attached hydrogen (secondary N) is 2. The maximum atomic E-state index is 14.7. The first-order chi connectivity index (χ1) is 17.2. The molecule has 0 spiro atoms. The van der Waals surface area contributed by atoms with E-state index in [2.05, 4.69) is 15.4 Å². The van der Waals surface area contributed by atoms with Crippen LogP contribution in [0.1, 0.15) is 41.2 Å². The Morgan fingerprint density at radius 2 is 1.89 bits per heavy atom. The summed E-state index contributed by atoms with van der Waals surface area (Å²) < 4.78 is 53.2. The molecule has 2 aliphatic rings. The lowest BCUT2D eigenvalue weighted by Crippen LogP contribution is -2.48. The van der Waals surface area contributed by atoms with Crippen molar-refractivity contribution in [2.75, 3.05) is 25.0 Å². The summed E-state index contributed by atoms with van der Waals surface area (Å²) in [6, 6.07) is 8.01. The number of amides is 2. The number of fused-ring (bicyclic) bond motifs is 1. The van der Waals surface area contributed by atoms with Gasteiger partial charge in [-0.3, -0.25) is 14.3 Å². The van der Waals surface area contributed by atoms with Gasteiger partial charge in [0.05, 0.1) is 16.6 Å². The molecule has 2 amide bonds. The van der Waals surface area contributed by atoms with E-state index in [9.17, 15) is 27.2 Å². The summed E-state index contributed by atoms with van der Waals surface area (Å²) in [5.74, 6) is -1.24. The third-order valence-corrected chi connectivity index (χ3v) is 6.55.